The number of hydrogen-bond donors (Lipinski definition) is 1. The highest BCUT2D eigenvalue weighted by atomic mass is 35.5. The van der Waals surface area contributed by atoms with E-state index in [4.69, 9.17) is 16.3 Å². The number of ether oxygens (including phenoxy) is 1. The maximum absolute atomic E-state index is 13.0. The molecule has 2 aromatic carbocycles. The third kappa shape index (κ3) is 4.26. The molecule has 1 N–H and O–H groups in total. The second kappa shape index (κ2) is 8.63. The lowest BCUT2D eigenvalue weighted by molar-refractivity contribution is 0.0939. The number of nitrogens with one attached hydrogen (secondary N) is 1. The van der Waals surface area contributed by atoms with Crippen LogP contribution in [-0.4, -0.2) is 41.9 Å². The molecule has 0 aliphatic carbocycles. The topological polar surface area (TPSA) is 59.4 Å². The summed E-state index contributed by atoms with van der Waals surface area (Å²) in [7, 11) is 1.65. The molecule has 4 rings (SSSR count). The predicted molar refractivity (Wildman–Crippen MR) is 124 cm³/mol. The molecule has 1 aliphatic heterocycles. The number of methoxy groups -OCH3 is 1. The first-order valence-corrected chi connectivity index (χ1v) is 10.8. The molecular weight excluding hydrogens is 412 g/mol. The van der Waals surface area contributed by atoms with Gasteiger partial charge in [-0.25, -0.2) is 4.68 Å². The number of carbonyl (C=O) groups excluding carboxylic acids is 1. The Morgan fingerprint density at radius 1 is 1.16 bits per heavy atom. The number of rotatable bonds is 5. The van der Waals surface area contributed by atoms with Gasteiger partial charge in [-0.05, 0) is 62.6 Å². The molecule has 1 atom stereocenters. The average molecular weight is 439 g/mol. The lowest BCUT2D eigenvalue weighted by atomic mass is 10.1. The molecule has 1 fully saturated rings. The van der Waals surface area contributed by atoms with Crippen LogP contribution in [0.15, 0.2) is 42.6 Å². The van der Waals surface area contributed by atoms with Crippen molar-refractivity contribution in [2.75, 3.05) is 25.1 Å². The molecule has 162 valence electrons. The quantitative estimate of drug-likeness (QED) is 0.638. The van der Waals surface area contributed by atoms with Crippen molar-refractivity contribution in [3.63, 3.8) is 0 Å². The lowest BCUT2D eigenvalue weighted by Crippen LogP contribution is -2.37. The van der Waals surface area contributed by atoms with Gasteiger partial charge in [0.05, 0.1) is 35.9 Å². The van der Waals surface area contributed by atoms with Crippen LogP contribution in [0.5, 0.6) is 5.75 Å². The number of carbonyl (C=O) groups is 1. The van der Waals surface area contributed by atoms with E-state index in [9.17, 15) is 4.79 Å². The molecule has 1 aliphatic rings. The number of benzene rings is 2. The number of halogens is 1. The Hall–Kier alpha value is -2.99. The Bertz CT molecular complexity index is 1120. The highest BCUT2D eigenvalue weighted by Gasteiger charge is 2.27. The van der Waals surface area contributed by atoms with Gasteiger partial charge in [0, 0.05) is 24.2 Å². The Morgan fingerprint density at radius 2 is 1.97 bits per heavy atom. The van der Waals surface area contributed by atoms with E-state index >= 15 is 0 Å². The molecule has 7 heteroatoms. The summed E-state index contributed by atoms with van der Waals surface area (Å²) in [5.41, 5.74) is 5.65. The monoisotopic (exact) mass is 438 g/mol. The van der Waals surface area contributed by atoms with Gasteiger partial charge < -0.3 is 15.0 Å². The van der Waals surface area contributed by atoms with E-state index in [1.165, 1.54) is 0 Å². The van der Waals surface area contributed by atoms with Gasteiger partial charge >= 0.3 is 0 Å². The molecule has 31 heavy (non-hydrogen) atoms. The summed E-state index contributed by atoms with van der Waals surface area (Å²) < 4.78 is 7.32. The smallest absolute Gasteiger partial charge is 0.255 e. The molecule has 0 saturated carbocycles. The van der Waals surface area contributed by atoms with Crippen LogP contribution in [0.3, 0.4) is 0 Å². The van der Waals surface area contributed by atoms with Gasteiger partial charge in [-0.2, -0.15) is 5.10 Å². The van der Waals surface area contributed by atoms with Crippen LogP contribution in [0.4, 0.5) is 5.69 Å². The van der Waals surface area contributed by atoms with Crippen molar-refractivity contribution >= 4 is 23.2 Å². The summed E-state index contributed by atoms with van der Waals surface area (Å²) in [6.07, 6.45) is 2.50. The highest BCUT2D eigenvalue weighted by molar-refractivity contribution is 6.30. The molecule has 1 saturated heterocycles. The molecule has 0 bridgehead atoms. The molecule has 0 spiro atoms. The summed E-state index contributed by atoms with van der Waals surface area (Å²) in [6, 6.07) is 11.9. The van der Waals surface area contributed by atoms with Crippen LogP contribution >= 0.6 is 11.6 Å². The third-order valence-corrected chi connectivity index (χ3v) is 6.09. The minimum atomic E-state index is -0.0982. The van der Waals surface area contributed by atoms with Crippen LogP contribution in [0, 0.1) is 20.8 Å². The number of anilines is 1. The first kappa shape index (κ1) is 21.2. The molecule has 1 aromatic heterocycles. The maximum Gasteiger partial charge on any atom is 0.255 e. The van der Waals surface area contributed by atoms with Crippen molar-refractivity contribution in [3.8, 4) is 11.4 Å². The molecular formula is C24H27ClN4O2. The molecule has 0 radical (unpaired) electrons. The van der Waals surface area contributed by atoms with E-state index in [0.29, 0.717) is 17.1 Å². The number of hydrogen-bond acceptors (Lipinski definition) is 4. The summed E-state index contributed by atoms with van der Waals surface area (Å²) in [5.74, 6) is 0.681. The van der Waals surface area contributed by atoms with E-state index in [1.807, 2.05) is 36.7 Å². The fourth-order valence-electron chi connectivity index (χ4n) is 4.09. The summed E-state index contributed by atoms with van der Waals surface area (Å²) in [6.45, 7) is 7.56. The number of aryl methyl sites for hydroxylation is 2. The second-order valence-electron chi connectivity index (χ2n) is 8.07. The van der Waals surface area contributed by atoms with Gasteiger partial charge in [-0.3, -0.25) is 4.79 Å². The van der Waals surface area contributed by atoms with Crippen molar-refractivity contribution in [1.82, 2.24) is 15.1 Å². The van der Waals surface area contributed by atoms with Crippen molar-refractivity contribution in [2.24, 2.45) is 0 Å². The van der Waals surface area contributed by atoms with Crippen molar-refractivity contribution < 1.29 is 9.53 Å². The normalized spacial score (nSPS) is 15.9. The number of nitrogens with zero attached hydrogens (tertiary/aromatic N) is 3. The molecule has 2 heterocycles. The van der Waals surface area contributed by atoms with Crippen LogP contribution in [0.2, 0.25) is 5.02 Å². The van der Waals surface area contributed by atoms with E-state index in [2.05, 4.69) is 40.4 Å². The maximum atomic E-state index is 13.0. The van der Waals surface area contributed by atoms with Crippen LogP contribution < -0.4 is 15.0 Å². The van der Waals surface area contributed by atoms with E-state index < -0.39 is 0 Å². The highest BCUT2D eigenvalue weighted by Crippen LogP contribution is 2.33. The molecule has 6 nitrogen and oxygen atoms in total. The minimum absolute atomic E-state index is 0.0413. The van der Waals surface area contributed by atoms with Gasteiger partial charge in [-0.15, -0.1) is 0 Å². The Morgan fingerprint density at radius 3 is 2.74 bits per heavy atom. The second-order valence-corrected chi connectivity index (χ2v) is 8.50. The van der Waals surface area contributed by atoms with Crippen molar-refractivity contribution in [3.05, 3.63) is 70.0 Å². The zero-order valence-electron chi connectivity index (χ0n) is 18.3. The minimum Gasteiger partial charge on any atom is -0.495 e. The summed E-state index contributed by atoms with van der Waals surface area (Å²) in [4.78, 5) is 15.2. The fourth-order valence-corrected chi connectivity index (χ4v) is 4.26. The molecule has 1 amide bonds. The lowest BCUT2D eigenvalue weighted by Gasteiger charge is -2.21. The van der Waals surface area contributed by atoms with Crippen LogP contribution in [-0.2, 0) is 0 Å². The SMILES string of the molecule is COc1ccc(Cl)cc1N1CCC(NC(=O)c2cnn(-c3cc(C)ccc3C)c2C)C1. The van der Waals surface area contributed by atoms with Gasteiger partial charge in [0.15, 0.2) is 0 Å². The molecule has 1 unspecified atom stereocenters. The van der Waals surface area contributed by atoms with E-state index in [0.717, 1.165) is 46.9 Å². The van der Waals surface area contributed by atoms with Gasteiger partial charge in [0.1, 0.15) is 5.75 Å². The standard InChI is InChI=1S/C24H27ClN4O2/c1-15-5-6-16(2)21(11-15)29-17(3)20(13-26-29)24(30)27-19-9-10-28(14-19)22-12-18(25)7-8-23(22)31-4/h5-8,11-13,19H,9-10,14H2,1-4H3,(H,27,30). The molecule has 3 aromatic rings. The zero-order chi connectivity index (χ0) is 22.1. The Labute approximate surface area is 187 Å². The summed E-state index contributed by atoms with van der Waals surface area (Å²) >= 11 is 6.18. The average Bonchev–Trinajstić information content (AvgIpc) is 3.36. The number of aromatic nitrogens is 2. The first-order chi connectivity index (χ1) is 14.9. The van der Waals surface area contributed by atoms with E-state index in [1.54, 1.807) is 13.3 Å². The summed E-state index contributed by atoms with van der Waals surface area (Å²) in [5, 5.41) is 8.33. The number of amides is 1. The Balaban J connectivity index is 1.48. The van der Waals surface area contributed by atoms with Crippen molar-refractivity contribution in [1.29, 1.82) is 0 Å². The first-order valence-electron chi connectivity index (χ1n) is 10.4. The van der Waals surface area contributed by atoms with Crippen molar-refractivity contribution in [2.45, 2.75) is 33.2 Å². The van der Waals surface area contributed by atoms with Crippen LogP contribution in [0.1, 0.15) is 33.6 Å². The third-order valence-electron chi connectivity index (χ3n) is 5.85. The van der Waals surface area contributed by atoms with Gasteiger partial charge in [0.2, 0.25) is 0 Å². The van der Waals surface area contributed by atoms with Crippen LogP contribution in [0.25, 0.3) is 5.69 Å². The van der Waals surface area contributed by atoms with Gasteiger partial charge in [-0.1, -0.05) is 23.7 Å². The van der Waals surface area contributed by atoms with E-state index in [-0.39, 0.29) is 11.9 Å². The zero-order valence-corrected chi connectivity index (χ0v) is 19.0. The predicted octanol–water partition coefficient (Wildman–Crippen LogP) is 4.47. The Kier molecular flexibility index (Phi) is 5.92. The largest absolute Gasteiger partial charge is 0.495 e. The fraction of sp³-hybridized carbons (Fsp3) is 0.333. The van der Waals surface area contributed by atoms with Gasteiger partial charge in [0.25, 0.3) is 5.91 Å².